The molecule has 0 bridgehead atoms. The molecule has 1 fully saturated rings. The van der Waals surface area contributed by atoms with Gasteiger partial charge in [-0.25, -0.2) is 0 Å². The van der Waals surface area contributed by atoms with E-state index in [-0.39, 0.29) is 16.8 Å². The van der Waals surface area contributed by atoms with E-state index in [1.807, 2.05) is 13.8 Å². The number of benzene rings is 1. The van der Waals surface area contributed by atoms with Gasteiger partial charge in [-0.15, -0.1) is 0 Å². The topological polar surface area (TPSA) is 66.6 Å². The molecular formula is C14H19ClN2O3. The molecule has 0 saturated carbocycles. The van der Waals surface area contributed by atoms with Crippen LogP contribution < -0.4 is 4.90 Å². The molecule has 0 radical (unpaired) electrons. The van der Waals surface area contributed by atoms with Gasteiger partial charge in [0.25, 0.3) is 5.69 Å². The normalized spacial score (nSPS) is 18.1. The summed E-state index contributed by atoms with van der Waals surface area (Å²) in [6.07, 6.45) is 1.57. The van der Waals surface area contributed by atoms with Crippen molar-refractivity contribution in [2.45, 2.75) is 32.8 Å². The molecule has 5 nitrogen and oxygen atoms in total. The zero-order chi connectivity index (χ0) is 14.9. The van der Waals surface area contributed by atoms with E-state index in [2.05, 4.69) is 4.90 Å². The van der Waals surface area contributed by atoms with Gasteiger partial charge in [0, 0.05) is 24.8 Å². The smallest absolute Gasteiger partial charge is 0.288 e. The SMILES string of the molecule is Cc1cc([N+](=O)[O-])c(Cl)cc1N1CCC(C(C)O)CC1. The zero-order valence-corrected chi connectivity index (χ0v) is 12.4. The number of piperidine rings is 1. The van der Waals surface area contributed by atoms with Gasteiger partial charge < -0.3 is 10.0 Å². The Hall–Kier alpha value is -1.33. The van der Waals surface area contributed by atoms with Gasteiger partial charge in [0.15, 0.2) is 0 Å². The molecule has 0 spiro atoms. The third-order valence-corrected chi connectivity index (χ3v) is 4.33. The maximum absolute atomic E-state index is 10.9. The highest BCUT2D eigenvalue weighted by atomic mass is 35.5. The van der Waals surface area contributed by atoms with E-state index in [0.29, 0.717) is 5.92 Å². The van der Waals surface area contributed by atoms with Crippen molar-refractivity contribution in [3.8, 4) is 0 Å². The number of aliphatic hydroxyl groups excluding tert-OH is 1. The second kappa shape index (κ2) is 5.97. The van der Waals surface area contributed by atoms with E-state index in [9.17, 15) is 15.2 Å². The van der Waals surface area contributed by atoms with Gasteiger partial charge in [-0.3, -0.25) is 10.1 Å². The summed E-state index contributed by atoms with van der Waals surface area (Å²) in [7, 11) is 0. The molecule has 0 amide bonds. The zero-order valence-electron chi connectivity index (χ0n) is 11.7. The molecule has 0 aromatic heterocycles. The summed E-state index contributed by atoms with van der Waals surface area (Å²) in [5.41, 5.74) is 1.76. The van der Waals surface area contributed by atoms with Crippen LogP contribution in [-0.2, 0) is 0 Å². The lowest BCUT2D eigenvalue weighted by Gasteiger charge is -2.35. The molecule has 20 heavy (non-hydrogen) atoms. The quantitative estimate of drug-likeness (QED) is 0.687. The van der Waals surface area contributed by atoms with Crippen LogP contribution in [0, 0.1) is 23.0 Å². The lowest BCUT2D eigenvalue weighted by molar-refractivity contribution is -0.384. The number of aryl methyl sites for hydroxylation is 1. The van der Waals surface area contributed by atoms with E-state index in [4.69, 9.17) is 11.6 Å². The maximum Gasteiger partial charge on any atom is 0.288 e. The Morgan fingerprint density at radius 3 is 2.55 bits per heavy atom. The van der Waals surface area contributed by atoms with Crippen molar-refractivity contribution < 1.29 is 10.0 Å². The molecule has 110 valence electrons. The first-order valence-corrected chi connectivity index (χ1v) is 7.15. The molecule has 1 heterocycles. The lowest BCUT2D eigenvalue weighted by Crippen LogP contribution is -2.37. The predicted molar refractivity (Wildman–Crippen MR) is 79.5 cm³/mol. The van der Waals surface area contributed by atoms with E-state index >= 15 is 0 Å². The number of hydrogen-bond donors (Lipinski definition) is 1. The number of anilines is 1. The Labute approximate surface area is 123 Å². The van der Waals surface area contributed by atoms with Gasteiger partial charge in [0.05, 0.1) is 11.0 Å². The summed E-state index contributed by atoms with van der Waals surface area (Å²) in [6, 6.07) is 3.20. The van der Waals surface area contributed by atoms with Crippen molar-refractivity contribution in [2.24, 2.45) is 5.92 Å². The van der Waals surface area contributed by atoms with Crippen LogP contribution >= 0.6 is 11.6 Å². The highest BCUT2D eigenvalue weighted by Gasteiger charge is 2.25. The molecule has 1 aliphatic heterocycles. The minimum atomic E-state index is -0.460. The fourth-order valence-corrected chi connectivity index (χ4v) is 2.99. The van der Waals surface area contributed by atoms with Crippen LogP contribution in [0.4, 0.5) is 11.4 Å². The fraction of sp³-hybridized carbons (Fsp3) is 0.571. The van der Waals surface area contributed by atoms with Gasteiger partial charge in [0.2, 0.25) is 0 Å². The van der Waals surface area contributed by atoms with Crippen LogP contribution in [-0.4, -0.2) is 29.2 Å². The van der Waals surface area contributed by atoms with Crippen LogP contribution in [0.3, 0.4) is 0 Å². The second-order valence-corrected chi connectivity index (χ2v) is 5.82. The molecule has 1 aliphatic rings. The van der Waals surface area contributed by atoms with E-state index < -0.39 is 4.92 Å². The van der Waals surface area contributed by atoms with Crippen LogP contribution in [0.1, 0.15) is 25.3 Å². The second-order valence-electron chi connectivity index (χ2n) is 5.41. The molecule has 2 rings (SSSR count). The third kappa shape index (κ3) is 3.04. The summed E-state index contributed by atoms with van der Waals surface area (Å²) in [5.74, 6) is 0.333. The van der Waals surface area contributed by atoms with E-state index in [0.717, 1.165) is 37.2 Å². The Bertz CT molecular complexity index is 511. The number of aliphatic hydroxyl groups is 1. The minimum Gasteiger partial charge on any atom is -0.393 e. The van der Waals surface area contributed by atoms with Crippen LogP contribution in [0.5, 0.6) is 0 Å². The van der Waals surface area contributed by atoms with Gasteiger partial charge in [-0.2, -0.15) is 0 Å². The Morgan fingerprint density at radius 1 is 1.45 bits per heavy atom. The summed E-state index contributed by atoms with van der Waals surface area (Å²) in [4.78, 5) is 12.6. The molecule has 1 N–H and O–H groups in total. The van der Waals surface area contributed by atoms with Crippen molar-refractivity contribution in [1.82, 2.24) is 0 Å². The Kier molecular flexibility index (Phi) is 4.50. The predicted octanol–water partition coefficient (Wildman–Crippen LogP) is 3.15. The van der Waals surface area contributed by atoms with Crippen molar-refractivity contribution in [3.05, 3.63) is 32.8 Å². The fourth-order valence-electron chi connectivity index (χ4n) is 2.76. The van der Waals surface area contributed by atoms with Crippen LogP contribution in [0.2, 0.25) is 5.02 Å². The summed E-state index contributed by atoms with van der Waals surface area (Å²) in [5, 5.41) is 20.6. The lowest BCUT2D eigenvalue weighted by atomic mass is 9.91. The molecule has 1 saturated heterocycles. The highest BCUT2D eigenvalue weighted by Crippen LogP contribution is 2.34. The van der Waals surface area contributed by atoms with Crippen molar-refractivity contribution >= 4 is 23.0 Å². The molecule has 6 heteroatoms. The average molecular weight is 299 g/mol. The Morgan fingerprint density at radius 2 is 2.05 bits per heavy atom. The highest BCUT2D eigenvalue weighted by molar-refractivity contribution is 6.33. The first-order valence-electron chi connectivity index (χ1n) is 6.77. The third-order valence-electron chi connectivity index (χ3n) is 4.02. The number of rotatable bonds is 3. The summed E-state index contributed by atoms with van der Waals surface area (Å²) in [6.45, 7) is 5.36. The molecule has 1 aromatic rings. The average Bonchev–Trinajstić information content (AvgIpc) is 2.40. The largest absolute Gasteiger partial charge is 0.393 e. The standard InChI is InChI=1S/C14H19ClN2O3/c1-9-7-14(17(19)20)12(15)8-13(9)16-5-3-11(4-6-16)10(2)18/h7-8,10-11,18H,3-6H2,1-2H3. The number of nitro groups is 1. The van der Waals surface area contributed by atoms with Gasteiger partial charge in [0.1, 0.15) is 5.02 Å². The molecular weight excluding hydrogens is 280 g/mol. The first-order chi connectivity index (χ1) is 9.40. The molecule has 0 aliphatic carbocycles. The summed E-state index contributed by atoms with van der Waals surface area (Å²) >= 11 is 5.99. The molecule has 1 unspecified atom stereocenters. The van der Waals surface area contributed by atoms with Crippen LogP contribution in [0.15, 0.2) is 12.1 Å². The van der Waals surface area contributed by atoms with Gasteiger partial charge in [-0.1, -0.05) is 11.6 Å². The number of nitrogens with zero attached hydrogens (tertiary/aromatic N) is 2. The van der Waals surface area contributed by atoms with Gasteiger partial charge in [-0.05, 0) is 44.2 Å². The summed E-state index contributed by atoms with van der Waals surface area (Å²) < 4.78 is 0. The molecule has 1 atom stereocenters. The first kappa shape index (κ1) is 15.1. The maximum atomic E-state index is 10.9. The van der Waals surface area contributed by atoms with E-state index in [1.165, 1.54) is 6.07 Å². The number of hydrogen-bond acceptors (Lipinski definition) is 4. The number of halogens is 1. The van der Waals surface area contributed by atoms with Gasteiger partial charge >= 0.3 is 0 Å². The monoisotopic (exact) mass is 298 g/mol. The minimum absolute atomic E-state index is 0.0493. The Balaban J connectivity index is 2.18. The number of nitro benzene ring substituents is 1. The van der Waals surface area contributed by atoms with Crippen molar-refractivity contribution in [1.29, 1.82) is 0 Å². The van der Waals surface area contributed by atoms with Crippen LogP contribution in [0.25, 0.3) is 0 Å². The molecule has 1 aromatic carbocycles. The van der Waals surface area contributed by atoms with Crippen molar-refractivity contribution in [3.63, 3.8) is 0 Å². The van der Waals surface area contributed by atoms with Crippen molar-refractivity contribution in [2.75, 3.05) is 18.0 Å². The van der Waals surface area contributed by atoms with E-state index in [1.54, 1.807) is 6.07 Å².